The van der Waals surface area contributed by atoms with Crippen LogP contribution in [-0.4, -0.2) is 34.0 Å². The van der Waals surface area contributed by atoms with E-state index in [1.807, 2.05) is 58.0 Å². The molecule has 0 atom stereocenters. The van der Waals surface area contributed by atoms with E-state index in [0.29, 0.717) is 5.69 Å². The Labute approximate surface area is 196 Å². The number of carbonyl (C=O) groups excluding carboxylic acids is 1. The summed E-state index contributed by atoms with van der Waals surface area (Å²) >= 11 is 0. The number of nitrogens with zero attached hydrogens (tertiary/aromatic N) is 1. The number of nitrogens with one attached hydrogen (secondary N) is 1. The number of aryl methyl sites for hydroxylation is 4. The van der Waals surface area contributed by atoms with Crippen molar-refractivity contribution in [1.82, 2.24) is 5.32 Å². The van der Waals surface area contributed by atoms with Gasteiger partial charge < -0.3 is 10.1 Å². The van der Waals surface area contributed by atoms with Gasteiger partial charge in [0.05, 0.1) is 17.1 Å². The van der Waals surface area contributed by atoms with Gasteiger partial charge >= 0.3 is 0 Å². The van der Waals surface area contributed by atoms with Gasteiger partial charge in [0.25, 0.3) is 10.0 Å². The molecule has 0 aliphatic carbocycles. The minimum Gasteiger partial charge on any atom is -0.491 e. The van der Waals surface area contributed by atoms with E-state index in [2.05, 4.69) is 5.32 Å². The zero-order chi connectivity index (χ0) is 24.0. The Kier molecular flexibility index (Phi) is 7.76. The predicted octanol–water partition coefficient (Wildman–Crippen LogP) is 4.31. The molecular formula is C26H30N2O4S. The average molecular weight is 467 g/mol. The zero-order valence-corrected chi connectivity index (χ0v) is 20.3. The maximum absolute atomic E-state index is 13.5. The molecule has 0 aromatic heterocycles. The molecule has 6 nitrogen and oxygen atoms in total. The second-order valence-corrected chi connectivity index (χ2v) is 10.00. The Morgan fingerprint density at radius 1 is 0.879 bits per heavy atom. The van der Waals surface area contributed by atoms with E-state index in [-0.39, 0.29) is 24.6 Å². The van der Waals surface area contributed by atoms with Crippen LogP contribution in [0.2, 0.25) is 0 Å². The van der Waals surface area contributed by atoms with Gasteiger partial charge in [-0.05, 0) is 74.7 Å². The first kappa shape index (κ1) is 24.3. The number of para-hydroxylation sites is 1. The van der Waals surface area contributed by atoms with Gasteiger partial charge in [0.2, 0.25) is 5.91 Å². The lowest BCUT2D eigenvalue weighted by atomic mass is 10.1. The molecule has 33 heavy (non-hydrogen) atoms. The van der Waals surface area contributed by atoms with Gasteiger partial charge in [0, 0.05) is 0 Å². The lowest BCUT2D eigenvalue weighted by Gasteiger charge is -2.25. The van der Waals surface area contributed by atoms with E-state index in [1.54, 1.807) is 36.4 Å². The second kappa shape index (κ2) is 10.5. The first-order valence-corrected chi connectivity index (χ1v) is 12.2. The summed E-state index contributed by atoms with van der Waals surface area (Å²) in [7, 11) is -3.94. The normalized spacial score (nSPS) is 11.2. The van der Waals surface area contributed by atoms with Crippen LogP contribution in [0.1, 0.15) is 22.3 Å². The van der Waals surface area contributed by atoms with Crippen LogP contribution in [0.5, 0.6) is 5.75 Å². The molecule has 3 aromatic rings. The van der Waals surface area contributed by atoms with E-state index in [0.717, 1.165) is 32.3 Å². The Balaban J connectivity index is 1.76. The van der Waals surface area contributed by atoms with Crippen molar-refractivity contribution in [2.45, 2.75) is 32.6 Å². The minimum atomic E-state index is -3.94. The van der Waals surface area contributed by atoms with E-state index >= 15 is 0 Å². The molecule has 0 saturated heterocycles. The third-order valence-electron chi connectivity index (χ3n) is 5.17. The van der Waals surface area contributed by atoms with Crippen molar-refractivity contribution in [2.75, 3.05) is 24.0 Å². The molecule has 1 amide bonds. The molecule has 0 aliphatic heterocycles. The molecule has 0 heterocycles. The zero-order valence-electron chi connectivity index (χ0n) is 19.5. The van der Waals surface area contributed by atoms with Crippen molar-refractivity contribution in [2.24, 2.45) is 0 Å². The Bertz CT molecular complexity index is 1200. The van der Waals surface area contributed by atoms with Crippen LogP contribution in [0.25, 0.3) is 0 Å². The molecule has 0 unspecified atom stereocenters. The highest BCUT2D eigenvalue weighted by Gasteiger charge is 2.27. The summed E-state index contributed by atoms with van der Waals surface area (Å²) in [5.41, 5.74) is 4.26. The van der Waals surface area contributed by atoms with E-state index in [9.17, 15) is 13.2 Å². The number of rotatable bonds is 9. The molecule has 174 valence electrons. The van der Waals surface area contributed by atoms with Gasteiger partial charge in [-0.3, -0.25) is 9.10 Å². The van der Waals surface area contributed by atoms with Crippen LogP contribution in [-0.2, 0) is 14.8 Å². The summed E-state index contributed by atoms with van der Waals surface area (Å²) in [5.74, 6) is 0.351. The van der Waals surface area contributed by atoms with E-state index < -0.39 is 15.9 Å². The average Bonchev–Trinajstić information content (AvgIpc) is 2.75. The molecule has 1 N–H and O–H groups in total. The molecule has 0 fully saturated rings. The number of anilines is 1. The van der Waals surface area contributed by atoms with Crippen molar-refractivity contribution in [3.05, 3.63) is 89.0 Å². The maximum atomic E-state index is 13.5. The number of ether oxygens (including phenoxy) is 1. The number of carbonyl (C=O) groups is 1. The summed E-state index contributed by atoms with van der Waals surface area (Å²) in [6, 6.07) is 19.8. The highest BCUT2D eigenvalue weighted by molar-refractivity contribution is 7.92. The number of hydrogen-bond acceptors (Lipinski definition) is 4. The summed E-state index contributed by atoms with van der Waals surface area (Å²) in [6.45, 7) is 7.86. The van der Waals surface area contributed by atoms with Crippen molar-refractivity contribution in [1.29, 1.82) is 0 Å². The van der Waals surface area contributed by atoms with Gasteiger partial charge in [-0.25, -0.2) is 8.42 Å². The van der Waals surface area contributed by atoms with Crippen LogP contribution < -0.4 is 14.4 Å². The summed E-state index contributed by atoms with van der Waals surface area (Å²) in [5, 5.41) is 2.76. The molecule has 0 saturated carbocycles. The maximum Gasteiger partial charge on any atom is 0.264 e. The smallest absolute Gasteiger partial charge is 0.264 e. The molecule has 3 rings (SSSR count). The molecule has 0 aliphatic rings. The van der Waals surface area contributed by atoms with Crippen molar-refractivity contribution < 1.29 is 17.9 Å². The SMILES string of the molecule is Cc1ccc(S(=O)(=O)N(CC(=O)NCCOc2ccccc2C)c2cc(C)cc(C)c2)cc1. The fourth-order valence-electron chi connectivity index (χ4n) is 3.50. The Morgan fingerprint density at radius 3 is 2.15 bits per heavy atom. The highest BCUT2D eigenvalue weighted by Crippen LogP contribution is 2.26. The number of hydrogen-bond donors (Lipinski definition) is 1. The van der Waals surface area contributed by atoms with Gasteiger partial charge in [0.15, 0.2) is 0 Å². The number of amides is 1. The lowest BCUT2D eigenvalue weighted by molar-refractivity contribution is -0.119. The van der Waals surface area contributed by atoms with Gasteiger partial charge in [-0.1, -0.05) is 42.0 Å². The quantitative estimate of drug-likeness (QED) is 0.477. The first-order valence-electron chi connectivity index (χ1n) is 10.8. The lowest BCUT2D eigenvalue weighted by Crippen LogP contribution is -2.42. The fourth-order valence-corrected chi connectivity index (χ4v) is 4.91. The van der Waals surface area contributed by atoms with Crippen molar-refractivity contribution in [3.8, 4) is 5.75 Å². The monoisotopic (exact) mass is 466 g/mol. The third kappa shape index (κ3) is 6.35. The van der Waals surface area contributed by atoms with Crippen LogP contribution in [0.15, 0.2) is 71.6 Å². The summed E-state index contributed by atoms with van der Waals surface area (Å²) < 4.78 is 33.8. The van der Waals surface area contributed by atoms with Gasteiger partial charge in [0.1, 0.15) is 18.9 Å². The molecule has 3 aromatic carbocycles. The second-order valence-electron chi connectivity index (χ2n) is 8.13. The van der Waals surface area contributed by atoms with Crippen LogP contribution in [0.4, 0.5) is 5.69 Å². The molecule has 0 bridgehead atoms. The van der Waals surface area contributed by atoms with Gasteiger partial charge in [-0.15, -0.1) is 0 Å². The van der Waals surface area contributed by atoms with Gasteiger partial charge in [-0.2, -0.15) is 0 Å². The fraction of sp³-hybridized carbons (Fsp3) is 0.269. The number of benzene rings is 3. The van der Waals surface area contributed by atoms with E-state index in [4.69, 9.17) is 4.74 Å². The van der Waals surface area contributed by atoms with Crippen molar-refractivity contribution in [3.63, 3.8) is 0 Å². The molecule has 7 heteroatoms. The van der Waals surface area contributed by atoms with Crippen molar-refractivity contribution >= 4 is 21.6 Å². The standard InChI is InChI=1S/C26H30N2O4S/c1-19-9-11-24(12-10-19)33(30,31)28(23-16-20(2)15-21(3)17-23)18-26(29)27-13-14-32-25-8-6-5-7-22(25)4/h5-12,15-17H,13-14,18H2,1-4H3,(H,27,29). The van der Waals surface area contributed by atoms with Crippen LogP contribution in [0.3, 0.4) is 0 Å². The highest BCUT2D eigenvalue weighted by atomic mass is 32.2. The van der Waals surface area contributed by atoms with Crippen LogP contribution >= 0.6 is 0 Å². The van der Waals surface area contributed by atoms with Crippen LogP contribution in [0, 0.1) is 27.7 Å². The molecular weight excluding hydrogens is 436 g/mol. The first-order chi connectivity index (χ1) is 15.7. The molecule has 0 radical (unpaired) electrons. The Morgan fingerprint density at radius 2 is 1.52 bits per heavy atom. The Hall–Kier alpha value is -3.32. The largest absolute Gasteiger partial charge is 0.491 e. The minimum absolute atomic E-state index is 0.142. The molecule has 0 spiro atoms. The predicted molar refractivity (Wildman–Crippen MR) is 131 cm³/mol. The third-order valence-corrected chi connectivity index (χ3v) is 6.95. The van der Waals surface area contributed by atoms with E-state index in [1.165, 1.54) is 0 Å². The topological polar surface area (TPSA) is 75.7 Å². The summed E-state index contributed by atoms with van der Waals surface area (Å²) in [6.07, 6.45) is 0. The number of sulfonamides is 1. The summed E-state index contributed by atoms with van der Waals surface area (Å²) in [4.78, 5) is 12.9.